The topological polar surface area (TPSA) is 114 Å². The second-order valence-corrected chi connectivity index (χ2v) is 5.96. The van der Waals surface area contributed by atoms with E-state index in [2.05, 4.69) is 25.9 Å². The zero-order valence-electron chi connectivity index (χ0n) is 14.3. The Morgan fingerprint density at radius 3 is 2.92 bits per heavy atom. The van der Waals surface area contributed by atoms with E-state index in [1.54, 1.807) is 24.5 Å². The molecule has 1 aliphatic heterocycles. The summed E-state index contributed by atoms with van der Waals surface area (Å²) in [5.41, 5.74) is 5.94. The molecule has 8 nitrogen and oxygen atoms in total. The predicted octanol–water partition coefficient (Wildman–Crippen LogP) is 1.25. The molecule has 2 aromatic rings. The first-order valence-corrected chi connectivity index (χ1v) is 8.27. The molecule has 0 aromatic carbocycles. The molecule has 26 heavy (non-hydrogen) atoms. The van der Waals surface area contributed by atoms with E-state index in [4.69, 9.17) is 10.5 Å². The predicted molar refractivity (Wildman–Crippen MR) is 95.9 cm³/mol. The summed E-state index contributed by atoms with van der Waals surface area (Å²) in [4.78, 5) is 19.9. The van der Waals surface area contributed by atoms with Crippen LogP contribution in [0.5, 0.6) is 0 Å². The molecule has 2 atom stereocenters. The molecule has 2 aromatic heterocycles. The number of nitrogens with one attached hydrogen (secondary N) is 3. The van der Waals surface area contributed by atoms with E-state index in [1.807, 2.05) is 7.05 Å². The number of carbonyl (C=O) groups excluding carboxylic acids is 1. The second-order valence-electron chi connectivity index (χ2n) is 5.96. The van der Waals surface area contributed by atoms with Gasteiger partial charge >= 0.3 is 0 Å². The van der Waals surface area contributed by atoms with Gasteiger partial charge in [-0.3, -0.25) is 9.78 Å². The molecule has 3 heterocycles. The minimum absolute atomic E-state index is 0.0236. The number of primary amides is 1. The lowest BCUT2D eigenvalue weighted by Crippen LogP contribution is -2.49. The zero-order valence-corrected chi connectivity index (χ0v) is 14.3. The molecule has 0 aliphatic carbocycles. The number of likely N-dealkylation sites (N-methyl/N-ethyl adjacent to an activating group) is 1. The van der Waals surface area contributed by atoms with Crippen LogP contribution in [0, 0.1) is 5.82 Å². The van der Waals surface area contributed by atoms with E-state index < -0.39 is 11.7 Å². The molecule has 5 N–H and O–H groups in total. The molecule has 1 saturated heterocycles. The van der Waals surface area contributed by atoms with Crippen LogP contribution in [0.1, 0.15) is 16.8 Å². The minimum Gasteiger partial charge on any atom is -0.380 e. The van der Waals surface area contributed by atoms with Crippen molar-refractivity contribution in [3.63, 3.8) is 0 Å². The SMILES string of the molecule is CNC1COCCC1Nc1nc(Nc2cccnc2)c(C(N)=O)cc1F. The van der Waals surface area contributed by atoms with Crippen molar-refractivity contribution in [2.45, 2.75) is 18.5 Å². The summed E-state index contributed by atoms with van der Waals surface area (Å²) in [7, 11) is 1.82. The average Bonchev–Trinajstić information content (AvgIpc) is 2.65. The maximum atomic E-state index is 14.5. The number of hydrogen-bond donors (Lipinski definition) is 4. The number of ether oxygens (including phenoxy) is 1. The molecule has 3 rings (SSSR count). The van der Waals surface area contributed by atoms with E-state index in [-0.39, 0.29) is 29.3 Å². The number of pyridine rings is 2. The van der Waals surface area contributed by atoms with Crippen molar-refractivity contribution in [2.24, 2.45) is 5.73 Å². The fourth-order valence-electron chi connectivity index (χ4n) is 2.82. The molecular formula is C17H21FN6O2. The Bertz CT molecular complexity index is 773. The number of carbonyl (C=O) groups is 1. The molecule has 1 amide bonds. The van der Waals surface area contributed by atoms with Gasteiger partial charge in [-0.15, -0.1) is 0 Å². The average molecular weight is 360 g/mol. The molecular weight excluding hydrogens is 339 g/mol. The third kappa shape index (κ3) is 4.06. The lowest BCUT2D eigenvalue weighted by atomic mass is 10.0. The van der Waals surface area contributed by atoms with Crippen LogP contribution in [0.2, 0.25) is 0 Å². The van der Waals surface area contributed by atoms with Gasteiger partial charge < -0.3 is 26.4 Å². The van der Waals surface area contributed by atoms with E-state index >= 15 is 0 Å². The standard InChI is InChI=1S/C17H21FN6O2/c1-20-14-9-26-6-4-13(14)23-17-12(18)7-11(15(19)25)16(24-17)22-10-3-2-5-21-8-10/h2-3,5,7-8,13-14,20H,4,6,9H2,1H3,(H2,19,25)(H2,22,23,24). The molecule has 0 radical (unpaired) electrons. The summed E-state index contributed by atoms with van der Waals surface area (Å²) in [6.07, 6.45) is 3.89. The third-order valence-corrected chi connectivity index (χ3v) is 4.21. The number of halogens is 1. The van der Waals surface area contributed by atoms with Gasteiger partial charge in [-0.2, -0.15) is 0 Å². The molecule has 2 unspecified atom stereocenters. The van der Waals surface area contributed by atoms with Crippen molar-refractivity contribution in [2.75, 3.05) is 30.9 Å². The van der Waals surface area contributed by atoms with E-state index in [0.717, 1.165) is 6.07 Å². The van der Waals surface area contributed by atoms with Gasteiger partial charge in [0.1, 0.15) is 5.82 Å². The zero-order chi connectivity index (χ0) is 18.5. The maximum absolute atomic E-state index is 14.5. The Morgan fingerprint density at radius 2 is 2.23 bits per heavy atom. The van der Waals surface area contributed by atoms with Crippen LogP contribution < -0.4 is 21.7 Å². The van der Waals surface area contributed by atoms with Crippen LogP contribution in [0.4, 0.5) is 21.7 Å². The molecule has 0 saturated carbocycles. The van der Waals surface area contributed by atoms with Gasteiger partial charge in [0.25, 0.3) is 5.91 Å². The van der Waals surface area contributed by atoms with Crippen molar-refractivity contribution in [3.05, 3.63) is 42.0 Å². The fraction of sp³-hybridized carbons (Fsp3) is 0.353. The number of nitrogens with two attached hydrogens (primary N) is 1. The highest BCUT2D eigenvalue weighted by Gasteiger charge is 2.26. The van der Waals surface area contributed by atoms with Crippen molar-refractivity contribution in [1.29, 1.82) is 0 Å². The molecule has 1 fully saturated rings. The molecule has 138 valence electrons. The van der Waals surface area contributed by atoms with Gasteiger partial charge in [-0.05, 0) is 31.7 Å². The van der Waals surface area contributed by atoms with Crippen LogP contribution in [0.15, 0.2) is 30.6 Å². The Labute approximate surface area is 150 Å². The Balaban J connectivity index is 1.90. The van der Waals surface area contributed by atoms with Crippen molar-refractivity contribution >= 4 is 23.2 Å². The molecule has 0 bridgehead atoms. The number of rotatable bonds is 6. The largest absolute Gasteiger partial charge is 0.380 e. The maximum Gasteiger partial charge on any atom is 0.252 e. The van der Waals surface area contributed by atoms with E-state index in [9.17, 15) is 9.18 Å². The summed E-state index contributed by atoms with van der Waals surface area (Å²) in [5, 5.41) is 9.21. The summed E-state index contributed by atoms with van der Waals surface area (Å²) < 4.78 is 19.9. The number of hydrogen-bond acceptors (Lipinski definition) is 7. The van der Waals surface area contributed by atoms with E-state index in [0.29, 0.717) is 25.3 Å². The number of aromatic nitrogens is 2. The van der Waals surface area contributed by atoms with Gasteiger partial charge in [-0.25, -0.2) is 9.37 Å². The van der Waals surface area contributed by atoms with E-state index in [1.165, 1.54) is 0 Å². The second kappa shape index (κ2) is 8.07. The normalized spacial score (nSPS) is 19.8. The summed E-state index contributed by atoms with van der Waals surface area (Å²) in [6.45, 7) is 1.10. The molecule has 9 heteroatoms. The minimum atomic E-state index is -0.770. The lowest BCUT2D eigenvalue weighted by molar-refractivity contribution is 0.0656. The van der Waals surface area contributed by atoms with Crippen LogP contribution in [-0.2, 0) is 4.74 Å². The van der Waals surface area contributed by atoms with Gasteiger partial charge in [0, 0.05) is 18.8 Å². The van der Waals surface area contributed by atoms with Crippen molar-refractivity contribution in [1.82, 2.24) is 15.3 Å². The highest BCUT2D eigenvalue weighted by Crippen LogP contribution is 2.25. The third-order valence-electron chi connectivity index (χ3n) is 4.21. The summed E-state index contributed by atoms with van der Waals surface area (Å²) in [5.74, 6) is -1.19. The van der Waals surface area contributed by atoms with Gasteiger partial charge in [0.05, 0.1) is 30.1 Å². The first-order chi connectivity index (χ1) is 12.6. The smallest absolute Gasteiger partial charge is 0.252 e. The first-order valence-electron chi connectivity index (χ1n) is 8.27. The first kappa shape index (κ1) is 18.0. The number of nitrogens with zero attached hydrogens (tertiary/aromatic N) is 2. The summed E-state index contributed by atoms with van der Waals surface area (Å²) >= 11 is 0. The van der Waals surface area contributed by atoms with Gasteiger partial charge in [-0.1, -0.05) is 0 Å². The van der Waals surface area contributed by atoms with Crippen LogP contribution >= 0.6 is 0 Å². The fourth-order valence-corrected chi connectivity index (χ4v) is 2.82. The monoisotopic (exact) mass is 360 g/mol. The quantitative estimate of drug-likeness (QED) is 0.613. The van der Waals surface area contributed by atoms with Gasteiger partial charge in [0.2, 0.25) is 0 Å². The van der Waals surface area contributed by atoms with Crippen molar-refractivity contribution in [3.8, 4) is 0 Å². The van der Waals surface area contributed by atoms with Crippen molar-refractivity contribution < 1.29 is 13.9 Å². The number of amides is 1. The number of anilines is 3. The molecule has 1 aliphatic rings. The Kier molecular flexibility index (Phi) is 5.59. The highest BCUT2D eigenvalue weighted by atomic mass is 19.1. The lowest BCUT2D eigenvalue weighted by Gasteiger charge is -2.32. The summed E-state index contributed by atoms with van der Waals surface area (Å²) in [6, 6.07) is 4.54. The van der Waals surface area contributed by atoms with Crippen LogP contribution in [-0.4, -0.2) is 48.2 Å². The van der Waals surface area contributed by atoms with Crippen LogP contribution in [0.25, 0.3) is 0 Å². The van der Waals surface area contributed by atoms with Gasteiger partial charge in [0.15, 0.2) is 11.6 Å². The Hall–Kier alpha value is -2.78. The highest BCUT2D eigenvalue weighted by molar-refractivity contribution is 5.98. The molecule has 0 spiro atoms. The van der Waals surface area contributed by atoms with Crippen LogP contribution in [0.3, 0.4) is 0 Å². The Morgan fingerprint density at radius 1 is 1.38 bits per heavy atom.